The Labute approximate surface area is 144 Å². The van der Waals surface area contributed by atoms with E-state index >= 15 is 0 Å². The van der Waals surface area contributed by atoms with Crippen LogP contribution in [0.1, 0.15) is 5.56 Å². The SMILES string of the molecule is COc1ccc(-c2ncc3c(n2)-c2ccc(OC)cc2SC3)cc1. The second-order valence-electron chi connectivity index (χ2n) is 5.45. The molecule has 0 bridgehead atoms. The van der Waals surface area contributed by atoms with Crippen molar-refractivity contribution in [2.75, 3.05) is 14.2 Å². The molecule has 4 nitrogen and oxygen atoms in total. The molecule has 1 aliphatic rings. The summed E-state index contributed by atoms with van der Waals surface area (Å²) in [6.07, 6.45) is 1.93. The molecular weight excluding hydrogens is 320 g/mol. The second-order valence-corrected chi connectivity index (χ2v) is 6.46. The van der Waals surface area contributed by atoms with Crippen LogP contribution in [0.15, 0.2) is 53.6 Å². The van der Waals surface area contributed by atoms with Gasteiger partial charge in [0.25, 0.3) is 0 Å². The number of hydrogen-bond donors (Lipinski definition) is 0. The molecular formula is C19H16N2O2S. The van der Waals surface area contributed by atoms with Crippen LogP contribution in [0.4, 0.5) is 0 Å². The van der Waals surface area contributed by atoms with E-state index in [2.05, 4.69) is 17.1 Å². The Morgan fingerprint density at radius 2 is 1.71 bits per heavy atom. The van der Waals surface area contributed by atoms with Crippen molar-refractivity contribution < 1.29 is 9.47 Å². The Bertz CT molecular complexity index is 894. The van der Waals surface area contributed by atoms with Crippen molar-refractivity contribution in [2.45, 2.75) is 10.6 Å². The molecule has 0 saturated heterocycles. The van der Waals surface area contributed by atoms with E-state index in [0.717, 1.165) is 45.5 Å². The molecule has 0 N–H and O–H groups in total. The van der Waals surface area contributed by atoms with Gasteiger partial charge in [0.05, 0.1) is 19.9 Å². The lowest BCUT2D eigenvalue weighted by atomic mass is 10.1. The molecule has 0 aliphatic carbocycles. The number of fused-ring (bicyclic) bond motifs is 3. The summed E-state index contributed by atoms with van der Waals surface area (Å²) in [6.45, 7) is 0. The van der Waals surface area contributed by atoms with Crippen LogP contribution in [0, 0.1) is 0 Å². The normalized spacial score (nSPS) is 12.2. The fourth-order valence-electron chi connectivity index (χ4n) is 2.72. The number of rotatable bonds is 3. The third kappa shape index (κ3) is 2.61. The Hall–Kier alpha value is -2.53. The summed E-state index contributed by atoms with van der Waals surface area (Å²) in [5, 5.41) is 0. The lowest BCUT2D eigenvalue weighted by Gasteiger charge is -2.19. The quantitative estimate of drug-likeness (QED) is 0.708. The average Bonchev–Trinajstić information content (AvgIpc) is 2.67. The molecule has 0 spiro atoms. The van der Waals surface area contributed by atoms with Crippen molar-refractivity contribution in [3.63, 3.8) is 0 Å². The van der Waals surface area contributed by atoms with Gasteiger partial charge >= 0.3 is 0 Å². The molecule has 2 heterocycles. The zero-order valence-corrected chi connectivity index (χ0v) is 14.3. The number of methoxy groups -OCH3 is 2. The first-order valence-electron chi connectivity index (χ1n) is 7.60. The van der Waals surface area contributed by atoms with Crippen LogP contribution < -0.4 is 9.47 Å². The van der Waals surface area contributed by atoms with E-state index in [1.54, 1.807) is 26.0 Å². The predicted molar refractivity (Wildman–Crippen MR) is 95.6 cm³/mol. The van der Waals surface area contributed by atoms with Crippen LogP contribution in [0.25, 0.3) is 22.6 Å². The van der Waals surface area contributed by atoms with E-state index in [1.807, 2.05) is 36.5 Å². The van der Waals surface area contributed by atoms with Gasteiger partial charge < -0.3 is 9.47 Å². The van der Waals surface area contributed by atoms with E-state index in [0.29, 0.717) is 0 Å². The standard InChI is InChI=1S/C19H16N2O2S/c1-22-14-5-3-12(4-6-14)19-20-10-13-11-24-17-9-15(23-2)7-8-16(17)18(13)21-19/h3-10H,11H2,1-2H3. The number of benzene rings is 2. The van der Waals surface area contributed by atoms with E-state index in [4.69, 9.17) is 14.5 Å². The number of thioether (sulfide) groups is 1. The van der Waals surface area contributed by atoms with Gasteiger partial charge in [-0.1, -0.05) is 0 Å². The van der Waals surface area contributed by atoms with Gasteiger partial charge in [-0.2, -0.15) is 0 Å². The van der Waals surface area contributed by atoms with E-state index < -0.39 is 0 Å². The highest BCUT2D eigenvalue weighted by molar-refractivity contribution is 7.98. The van der Waals surface area contributed by atoms with Gasteiger partial charge in [0.2, 0.25) is 0 Å². The van der Waals surface area contributed by atoms with Crippen LogP contribution in [0.2, 0.25) is 0 Å². The Kier molecular flexibility index (Phi) is 3.86. The van der Waals surface area contributed by atoms with Gasteiger partial charge in [-0.15, -0.1) is 11.8 Å². The average molecular weight is 336 g/mol. The van der Waals surface area contributed by atoms with Gasteiger partial charge in [0, 0.05) is 33.5 Å². The fourth-order valence-corrected chi connectivity index (χ4v) is 3.77. The van der Waals surface area contributed by atoms with Gasteiger partial charge in [-0.3, -0.25) is 0 Å². The summed E-state index contributed by atoms with van der Waals surface area (Å²) < 4.78 is 10.5. The maximum absolute atomic E-state index is 5.33. The highest BCUT2D eigenvalue weighted by Gasteiger charge is 2.20. The number of hydrogen-bond acceptors (Lipinski definition) is 5. The highest BCUT2D eigenvalue weighted by atomic mass is 32.2. The molecule has 0 amide bonds. The van der Waals surface area contributed by atoms with Crippen molar-refractivity contribution in [1.82, 2.24) is 9.97 Å². The van der Waals surface area contributed by atoms with E-state index in [9.17, 15) is 0 Å². The molecule has 1 aromatic heterocycles. The molecule has 0 unspecified atom stereocenters. The first-order chi connectivity index (χ1) is 11.8. The first kappa shape index (κ1) is 15.0. The third-order valence-corrected chi connectivity index (χ3v) is 5.14. The Morgan fingerprint density at radius 1 is 0.958 bits per heavy atom. The van der Waals surface area contributed by atoms with Crippen molar-refractivity contribution >= 4 is 11.8 Å². The van der Waals surface area contributed by atoms with Crippen LogP contribution in [-0.2, 0) is 5.75 Å². The molecule has 0 radical (unpaired) electrons. The molecule has 1 aliphatic heterocycles. The molecule has 4 rings (SSSR count). The summed E-state index contributed by atoms with van der Waals surface area (Å²) in [7, 11) is 3.35. The Balaban J connectivity index is 1.78. The van der Waals surface area contributed by atoms with Crippen LogP contribution in [-0.4, -0.2) is 24.2 Å². The lowest BCUT2D eigenvalue weighted by molar-refractivity contribution is 0.414. The monoisotopic (exact) mass is 336 g/mol. The summed E-state index contributed by atoms with van der Waals surface area (Å²) in [6, 6.07) is 13.9. The summed E-state index contributed by atoms with van der Waals surface area (Å²) >= 11 is 1.79. The topological polar surface area (TPSA) is 44.2 Å². The highest BCUT2D eigenvalue weighted by Crippen LogP contribution is 2.42. The van der Waals surface area contributed by atoms with Gasteiger partial charge in [-0.25, -0.2) is 9.97 Å². The first-order valence-corrected chi connectivity index (χ1v) is 8.58. The lowest BCUT2D eigenvalue weighted by Crippen LogP contribution is -2.02. The molecule has 2 aromatic carbocycles. The minimum absolute atomic E-state index is 0.727. The number of ether oxygens (including phenoxy) is 2. The van der Waals surface area contributed by atoms with Crippen molar-refractivity contribution in [3.8, 4) is 34.1 Å². The summed E-state index contributed by atoms with van der Waals surface area (Å²) in [5.41, 5.74) is 4.29. The predicted octanol–water partition coefficient (Wildman–Crippen LogP) is 4.43. The zero-order chi connectivity index (χ0) is 16.5. The number of nitrogens with zero attached hydrogens (tertiary/aromatic N) is 2. The fraction of sp³-hybridized carbons (Fsp3) is 0.158. The smallest absolute Gasteiger partial charge is 0.159 e. The molecule has 120 valence electrons. The molecule has 3 aromatic rings. The molecule has 5 heteroatoms. The van der Waals surface area contributed by atoms with Crippen molar-refractivity contribution in [3.05, 3.63) is 54.2 Å². The zero-order valence-electron chi connectivity index (χ0n) is 13.4. The molecule has 24 heavy (non-hydrogen) atoms. The Morgan fingerprint density at radius 3 is 2.46 bits per heavy atom. The second kappa shape index (κ2) is 6.17. The number of aromatic nitrogens is 2. The largest absolute Gasteiger partial charge is 0.497 e. The van der Waals surface area contributed by atoms with Crippen LogP contribution in [0.5, 0.6) is 11.5 Å². The third-order valence-electron chi connectivity index (χ3n) is 4.04. The minimum atomic E-state index is 0.727. The van der Waals surface area contributed by atoms with Gasteiger partial charge in [0.15, 0.2) is 5.82 Å². The van der Waals surface area contributed by atoms with E-state index in [-0.39, 0.29) is 0 Å². The van der Waals surface area contributed by atoms with Crippen LogP contribution in [0.3, 0.4) is 0 Å². The molecule has 0 saturated carbocycles. The molecule has 0 fully saturated rings. The van der Waals surface area contributed by atoms with E-state index in [1.165, 1.54) is 4.90 Å². The van der Waals surface area contributed by atoms with Crippen LogP contribution >= 0.6 is 11.8 Å². The van der Waals surface area contributed by atoms with Gasteiger partial charge in [-0.05, 0) is 42.5 Å². The maximum Gasteiger partial charge on any atom is 0.159 e. The summed E-state index contributed by atoms with van der Waals surface area (Å²) in [5.74, 6) is 3.29. The summed E-state index contributed by atoms with van der Waals surface area (Å²) in [4.78, 5) is 10.6. The van der Waals surface area contributed by atoms with Gasteiger partial charge in [0.1, 0.15) is 11.5 Å². The minimum Gasteiger partial charge on any atom is -0.497 e. The van der Waals surface area contributed by atoms with Crippen molar-refractivity contribution in [1.29, 1.82) is 0 Å². The van der Waals surface area contributed by atoms with Crippen molar-refractivity contribution in [2.24, 2.45) is 0 Å². The maximum atomic E-state index is 5.33. The molecule has 0 atom stereocenters.